The molecular weight excluding hydrogens is 322 g/mol. The van der Waals surface area contributed by atoms with E-state index < -0.39 is 5.60 Å². The van der Waals surface area contributed by atoms with Gasteiger partial charge in [0.05, 0.1) is 18.8 Å². The second-order valence-corrected chi connectivity index (χ2v) is 7.01. The summed E-state index contributed by atoms with van der Waals surface area (Å²) in [6.07, 6.45) is 2.03. The molecule has 1 aromatic heterocycles. The lowest BCUT2D eigenvalue weighted by Crippen LogP contribution is -2.48. The van der Waals surface area contributed by atoms with E-state index in [2.05, 4.69) is 14.9 Å². The Bertz CT molecular complexity index is 600. The molecule has 3 rings (SSSR count). The Labute approximate surface area is 148 Å². The lowest BCUT2D eigenvalue weighted by atomic mass is 9.94. The van der Waals surface area contributed by atoms with Crippen molar-refractivity contribution in [1.29, 1.82) is 0 Å². The third-order valence-corrected chi connectivity index (χ3v) is 4.92. The highest BCUT2D eigenvalue weighted by Crippen LogP contribution is 2.25. The summed E-state index contributed by atoms with van der Waals surface area (Å²) in [5, 5.41) is 11.0. The number of rotatable bonds is 3. The van der Waals surface area contributed by atoms with E-state index in [-0.39, 0.29) is 11.9 Å². The number of nitrogens with two attached hydrogens (primary N) is 1. The lowest BCUT2D eigenvalue weighted by molar-refractivity contribution is -0.0389. The Balaban J connectivity index is 1.63. The molecule has 3 heterocycles. The Hall–Kier alpha value is -1.77. The van der Waals surface area contributed by atoms with Crippen LogP contribution in [0.3, 0.4) is 0 Å². The van der Waals surface area contributed by atoms with Gasteiger partial charge in [0.1, 0.15) is 5.69 Å². The second-order valence-electron chi connectivity index (χ2n) is 7.01. The zero-order valence-electron chi connectivity index (χ0n) is 14.8. The summed E-state index contributed by atoms with van der Waals surface area (Å²) in [4.78, 5) is 24.8. The van der Waals surface area contributed by atoms with Crippen LogP contribution in [-0.4, -0.2) is 82.3 Å². The summed E-state index contributed by atoms with van der Waals surface area (Å²) in [5.74, 6) is -0.0326. The van der Waals surface area contributed by atoms with Gasteiger partial charge in [-0.15, -0.1) is 0 Å². The van der Waals surface area contributed by atoms with Crippen LogP contribution in [-0.2, 0) is 4.74 Å². The van der Waals surface area contributed by atoms with Gasteiger partial charge in [-0.3, -0.25) is 9.69 Å². The number of likely N-dealkylation sites (tertiary alicyclic amines) is 1. The molecule has 0 spiro atoms. The summed E-state index contributed by atoms with van der Waals surface area (Å²) in [5.41, 5.74) is 5.90. The van der Waals surface area contributed by atoms with Crippen LogP contribution in [0.5, 0.6) is 0 Å². The van der Waals surface area contributed by atoms with Crippen LogP contribution in [0.2, 0.25) is 0 Å². The van der Waals surface area contributed by atoms with Crippen LogP contribution in [0.15, 0.2) is 6.07 Å². The molecule has 0 aliphatic carbocycles. The summed E-state index contributed by atoms with van der Waals surface area (Å²) in [6, 6.07) is 1.66. The van der Waals surface area contributed by atoms with E-state index in [0.717, 1.165) is 32.7 Å². The normalized spacial score (nSPS) is 25.6. The third kappa shape index (κ3) is 4.65. The fourth-order valence-electron chi connectivity index (χ4n) is 3.58. The van der Waals surface area contributed by atoms with Gasteiger partial charge < -0.3 is 20.5 Å². The van der Waals surface area contributed by atoms with E-state index in [1.807, 2.05) is 0 Å². The summed E-state index contributed by atoms with van der Waals surface area (Å²) >= 11 is 0. The van der Waals surface area contributed by atoms with Gasteiger partial charge in [-0.05, 0) is 32.3 Å². The fourth-order valence-corrected chi connectivity index (χ4v) is 3.58. The Morgan fingerprint density at radius 2 is 2.04 bits per heavy atom. The topological polar surface area (TPSA) is 105 Å². The number of aryl methyl sites for hydroxylation is 1. The first-order chi connectivity index (χ1) is 12.0. The maximum Gasteiger partial charge on any atom is 0.272 e. The second kappa shape index (κ2) is 7.63. The van der Waals surface area contributed by atoms with Gasteiger partial charge in [0.2, 0.25) is 5.95 Å². The van der Waals surface area contributed by atoms with Crippen LogP contribution in [0, 0.1) is 6.92 Å². The molecule has 2 saturated heterocycles. The van der Waals surface area contributed by atoms with Crippen molar-refractivity contribution in [2.45, 2.75) is 31.8 Å². The van der Waals surface area contributed by atoms with E-state index in [4.69, 9.17) is 10.5 Å². The third-order valence-electron chi connectivity index (χ3n) is 4.92. The number of amides is 1. The van der Waals surface area contributed by atoms with Gasteiger partial charge in [0, 0.05) is 38.4 Å². The zero-order chi connectivity index (χ0) is 17.9. The van der Waals surface area contributed by atoms with Crippen molar-refractivity contribution in [2.24, 2.45) is 0 Å². The molecule has 25 heavy (non-hydrogen) atoms. The first-order valence-electron chi connectivity index (χ1n) is 8.88. The number of nitrogens with zero attached hydrogens (tertiary/aromatic N) is 4. The zero-order valence-corrected chi connectivity index (χ0v) is 14.8. The number of hydrogen-bond donors (Lipinski definition) is 2. The van der Waals surface area contributed by atoms with Crippen molar-refractivity contribution in [3.63, 3.8) is 0 Å². The van der Waals surface area contributed by atoms with Gasteiger partial charge in [-0.25, -0.2) is 9.97 Å². The van der Waals surface area contributed by atoms with E-state index in [0.29, 0.717) is 43.9 Å². The van der Waals surface area contributed by atoms with E-state index >= 15 is 0 Å². The van der Waals surface area contributed by atoms with Gasteiger partial charge in [0.15, 0.2) is 0 Å². The average Bonchev–Trinajstić information content (AvgIpc) is 2.76. The van der Waals surface area contributed by atoms with E-state index in [1.165, 1.54) is 0 Å². The minimum atomic E-state index is -0.757. The number of aliphatic hydroxyl groups is 1. The highest BCUT2D eigenvalue weighted by Gasteiger charge is 2.34. The Morgan fingerprint density at radius 3 is 2.76 bits per heavy atom. The molecule has 138 valence electrons. The van der Waals surface area contributed by atoms with Crippen molar-refractivity contribution >= 4 is 11.9 Å². The SMILES string of the molecule is Cc1cc(C(=O)N2CCCC(O)(CN3CCOCC3)CC2)nc(N)n1. The molecule has 0 aromatic carbocycles. The van der Waals surface area contributed by atoms with E-state index in [1.54, 1.807) is 17.9 Å². The molecule has 1 aromatic rings. The highest BCUT2D eigenvalue weighted by molar-refractivity contribution is 5.92. The molecule has 8 heteroatoms. The van der Waals surface area contributed by atoms with Crippen molar-refractivity contribution in [3.8, 4) is 0 Å². The summed E-state index contributed by atoms with van der Waals surface area (Å²) < 4.78 is 5.36. The molecule has 3 N–H and O–H groups in total. The van der Waals surface area contributed by atoms with Crippen molar-refractivity contribution in [3.05, 3.63) is 17.5 Å². The molecule has 8 nitrogen and oxygen atoms in total. The van der Waals surface area contributed by atoms with Crippen LogP contribution in [0.1, 0.15) is 35.4 Å². The molecule has 2 fully saturated rings. The van der Waals surface area contributed by atoms with Crippen LogP contribution >= 0.6 is 0 Å². The average molecular weight is 349 g/mol. The molecule has 0 bridgehead atoms. The maximum atomic E-state index is 12.7. The smallest absolute Gasteiger partial charge is 0.272 e. The molecule has 1 amide bonds. The van der Waals surface area contributed by atoms with Crippen molar-refractivity contribution in [2.75, 3.05) is 51.7 Å². The van der Waals surface area contributed by atoms with Crippen molar-refractivity contribution in [1.82, 2.24) is 19.8 Å². The number of ether oxygens (including phenoxy) is 1. The van der Waals surface area contributed by atoms with Crippen LogP contribution < -0.4 is 5.73 Å². The largest absolute Gasteiger partial charge is 0.388 e. The molecule has 0 radical (unpaired) electrons. The standard InChI is InChI=1S/C17H27N5O3/c1-13-11-14(20-16(18)19-13)15(23)22-5-2-3-17(24,4-6-22)12-21-7-9-25-10-8-21/h11,24H,2-10,12H2,1H3,(H2,18,19,20). The molecule has 1 atom stereocenters. The highest BCUT2D eigenvalue weighted by atomic mass is 16.5. The number of morpholine rings is 1. The minimum absolute atomic E-state index is 0.113. The Kier molecular flexibility index (Phi) is 5.51. The predicted molar refractivity (Wildman–Crippen MR) is 93.1 cm³/mol. The van der Waals surface area contributed by atoms with Gasteiger partial charge >= 0.3 is 0 Å². The number of carbonyl (C=O) groups is 1. The molecular formula is C17H27N5O3. The monoisotopic (exact) mass is 349 g/mol. The van der Waals surface area contributed by atoms with E-state index in [9.17, 15) is 9.90 Å². The maximum absolute atomic E-state index is 12.7. The first kappa shape index (κ1) is 18.0. The van der Waals surface area contributed by atoms with Gasteiger partial charge in [-0.1, -0.05) is 0 Å². The van der Waals surface area contributed by atoms with Crippen molar-refractivity contribution < 1.29 is 14.6 Å². The first-order valence-corrected chi connectivity index (χ1v) is 8.88. The molecule has 2 aliphatic rings. The number of aromatic nitrogens is 2. The fraction of sp³-hybridized carbons (Fsp3) is 0.706. The minimum Gasteiger partial charge on any atom is -0.388 e. The number of carbonyl (C=O) groups excluding carboxylic acids is 1. The number of nitrogen functional groups attached to an aromatic ring is 1. The number of β-amino-alcohol motifs (C(OH)–C–C–N with tert-alkyl or cyclic N) is 1. The molecule has 0 saturated carbocycles. The molecule has 1 unspecified atom stereocenters. The summed E-state index contributed by atoms with van der Waals surface area (Å²) in [6.45, 7) is 6.70. The molecule has 2 aliphatic heterocycles. The van der Waals surface area contributed by atoms with Gasteiger partial charge in [-0.2, -0.15) is 0 Å². The number of anilines is 1. The van der Waals surface area contributed by atoms with Crippen LogP contribution in [0.4, 0.5) is 5.95 Å². The number of hydrogen-bond acceptors (Lipinski definition) is 7. The van der Waals surface area contributed by atoms with Crippen LogP contribution in [0.25, 0.3) is 0 Å². The lowest BCUT2D eigenvalue weighted by Gasteiger charge is -2.35. The Morgan fingerprint density at radius 1 is 1.28 bits per heavy atom. The summed E-state index contributed by atoms with van der Waals surface area (Å²) in [7, 11) is 0. The van der Waals surface area contributed by atoms with Gasteiger partial charge in [0.25, 0.3) is 5.91 Å². The predicted octanol–water partition coefficient (Wildman–Crippen LogP) is 0.0566. The quantitative estimate of drug-likeness (QED) is 0.795.